The quantitative estimate of drug-likeness (QED) is 0.173. The third-order valence-corrected chi connectivity index (χ3v) is 10.3. The summed E-state index contributed by atoms with van der Waals surface area (Å²) in [5.74, 6) is 1.89. The Labute approximate surface area is 318 Å². The summed E-state index contributed by atoms with van der Waals surface area (Å²) < 4.78 is 2.27. The maximum Gasteiger partial charge on any atom is 0.164 e. The Bertz CT molecular complexity index is 2970. The van der Waals surface area contributed by atoms with E-state index in [0.717, 1.165) is 66.4 Å². The normalized spacial score (nSPS) is 11.3. The van der Waals surface area contributed by atoms with Gasteiger partial charge < -0.3 is 4.57 Å². The molecular weight excluding hydrogens is 671 g/mol. The van der Waals surface area contributed by atoms with E-state index in [1.807, 2.05) is 72.8 Å². The lowest BCUT2D eigenvalue weighted by molar-refractivity contribution is 1.07. The standard InChI is InChI=1S/C50H31N5/c51-32-33-29-38(31-39(30-33)55-46-21-11-9-19-44(46)45-20-10-12-22-47(45)55)41-28-27-40(42-17-7-8-18-43(41)42)34-23-25-37(26-24-34)50-53-48(35-13-3-1-4-14-35)52-49(54-50)36-15-5-2-6-16-36/h1-31H. The molecule has 0 saturated carbocycles. The molecule has 0 spiro atoms. The molecule has 55 heavy (non-hydrogen) atoms. The second-order valence-corrected chi connectivity index (χ2v) is 13.6. The molecule has 0 N–H and O–H groups in total. The van der Waals surface area contributed by atoms with E-state index in [9.17, 15) is 5.26 Å². The third kappa shape index (κ3) is 5.70. The first kappa shape index (κ1) is 32.0. The Balaban J connectivity index is 1.06. The molecule has 5 nitrogen and oxygen atoms in total. The van der Waals surface area contributed by atoms with E-state index in [-0.39, 0.29) is 0 Å². The number of benzene rings is 8. The van der Waals surface area contributed by atoms with E-state index in [4.69, 9.17) is 15.0 Å². The maximum atomic E-state index is 10.2. The first-order valence-electron chi connectivity index (χ1n) is 18.3. The summed E-state index contributed by atoms with van der Waals surface area (Å²) in [6.07, 6.45) is 0. The second kappa shape index (κ2) is 13.4. The van der Waals surface area contributed by atoms with Crippen molar-refractivity contribution in [3.05, 3.63) is 194 Å². The van der Waals surface area contributed by atoms with Crippen LogP contribution in [-0.2, 0) is 0 Å². The molecule has 0 radical (unpaired) electrons. The Morgan fingerprint density at radius 3 is 1.29 bits per heavy atom. The number of fused-ring (bicyclic) bond motifs is 4. The molecular formula is C50H31N5. The topological polar surface area (TPSA) is 67.4 Å². The van der Waals surface area contributed by atoms with Crippen molar-refractivity contribution in [1.82, 2.24) is 19.5 Å². The van der Waals surface area contributed by atoms with Crippen molar-refractivity contribution in [2.75, 3.05) is 0 Å². The molecule has 2 heterocycles. The van der Waals surface area contributed by atoms with Crippen molar-refractivity contribution >= 4 is 32.6 Å². The molecule has 0 bridgehead atoms. The van der Waals surface area contributed by atoms with E-state index in [0.29, 0.717) is 23.0 Å². The van der Waals surface area contributed by atoms with Crippen molar-refractivity contribution in [3.63, 3.8) is 0 Å². The molecule has 0 aliphatic rings. The van der Waals surface area contributed by atoms with E-state index < -0.39 is 0 Å². The molecule has 0 unspecified atom stereocenters. The van der Waals surface area contributed by atoms with Crippen molar-refractivity contribution in [3.8, 4) is 68.2 Å². The van der Waals surface area contributed by atoms with E-state index in [2.05, 4.69) is 126 Å². The van der Waals surface area contributed by atoms with Gasteiger partial charge in [0.2, 0.25) is 0 Å². The van der Waals surface area contributed by atoms with E-state index >= 15 is 0 Å². The fourth-order valence-corrected chi connectivity index (χ4v) is 7.70. The number of aromatic nitrogens is 4. The van der Waals surface area contributed by atoms with Crippen LogP contribution in [0.15, 0.2) is 188 Å². The summed E-state index contributed by atoms with van der Waals surface area (Å²) in [6, 6.07) is 66.9. The van der Waals surface area contributed by atoms with Crippen LogP contribution < -0.4 is 0 Å². The zero-order valence-corrected chi connectivity index (χ0v) is 29.6. The van der Waals surface area contributed by atoms with Gasteiger partial charge in [-0.15, -0.1) is 0 Å². The summed E-state index contributed by atoms with van der Waals surface area (Å²) in [7, 11) is 0. The minimum absolute atomic E-state index is 0.613. The van der Waals surface area contributed by atoms with Crippen molar-refractivity contribution < 1.29 is 0 Å². The second-order valence-electron chi connectivity index (χ2n) is 13.6. The summed E-state index contributed by atoms with van der Waals surface area (Å²) >= 11 is 0. The largest absolute Gasteiger partial charge is 0.309 e. The fraction of sp³-hybridized carbons (Fsp3) is 0. The SMILES string of the molecule is N#Cc1cc(-c2ccc(-c3ccc(-c4nc(-c5ccccc5)nc(-c5ccccc5)n4)cc3)c3ccccc23)cc(-n2c3ccccc3c3ccccc32)c1. The van der Waals surface area contributed by atoms with Gasteiger partial charge in [0.15, 0.2) is 17.5 Å². The molecule has 0 fully saturated rings. The molecule has 0 aliphatic carbocycles. The van der Waals surface area contributed by atoms with Gasteiger partial charge in [-0.05, 0) is 63.4 Å². The van der Waals surface area contributed by atoms with Crippen LogP contribution in [0, 0.1) is 11.3 Å². The molecule has 8 aromatic carbocycles. The number of nitriles is 1. The number of hydrogen-bond acceptors (Lipinski definition) is 4. The van der Waals surface area contributed by atoms with Gasteiger partial charge in [0, 0.05) is 33.2 Å². The Kier molecular flexibility index (Phi) is 7.79. The van der Waals surface area contributed by atoms with Gasteiger partial charge in [-0.2, -0.15) is 5.26 Å². The molecule has 256 valence electrons. The van der Waals surface area contributed by atoms with Gasteiger partial charge in [0.25, 0.3) is 0 Å². The van der Waals surface area contributed by atoms with Gasteiger partial charge in [-0.1, -0.05) is 158 Å². The van der Waals surface area contributed by atoms with Crippen LogP contribution in [-0.4, -0.2) is 19.5 Å². The smallest absolute Gasteiger partial charge is 0.164 e. The molecule has 10 rings (SSSR count). The fourth-order valence-electron chi connectivity index (χ4n) is 7.70. The Morgan fingerprint density at radius 2 is 0.782 bits per heavy atom. The highest BCUT2D eigenvalue weighted by atomic mass is 15.0. The third-order valence-electron chi connectivity index (χ3n) is 10.3. The maximum absolute atomic E-state index is 10.2. The minimum Gasteiger partial charge on any atom is -0.309 e. The van der Waals surface area contributed by atoms with E-state index in [1.165, 1.54) is 10.8 Å². The number of nitrogens with zero attached hydrogens (tertiary/aromatic N) is 5. The molecule has 2 aromatic heterocycles. The molecule has 0 saturated heterocycles. The first-order valence-corrected chi connectivity index (χ1v) is 18.3. The van der Waals surface area contributed by atoms with Crippen LogP contribution in [0.2, 0.25) is 0 Å². The number of rotatable bonds is 6. The highest BCUT2D eigenvalue weighted by molar-refractivity contribution is 6.10. The summed E-state index contributed by atoms with van der Waals surface area (Å²) in [5.41, 5.74) is 10.8. The lowest BCUT2D eigenvalue weighted by atomic mass is 9.91. The van der Waals surface area contributed by atoms with Crippen molar-refractivity contribution in [2.24, 2.45) is 0 Å². The molecule has 0 atom stereocenters. The predicted molar refractivity (Wildman–Crippen MR) is 224 cm³/mol. The lowest BCUT2D eigenvalue weighted by Crippen LogP contribution is -2.00. The zero-order chi connectivity index (χ0) is 36.7. The zero-order valence-electron chi connectivity index (χ0n) is 29.6. The first-order chi connectivity index (χ1) is 27.2. The minimum atomic E-state index is 0.613. The lowest BCUT2D eigenvalue weighted by Gasteiger charge is -2.15. The number of para-hydroxylation sites is 2. The molecule has 0 aliphatic heterocycles. The van der Waals surface area contributed by atoms with Gasteiger partial charge in [0.05, 0.1) is 22.7 Å². The molecule has 0 amide bonds. The Morgan fingerprint density at radius 1 is 0.364 bits per heavy atom. The predicted octanol–water partition coefficient (Wildman–Crippen LogP) is 12.3. The van der Waals surface area contributed by atoms with E-state index in [1.54, 1.807) is 0 Å². The average Bonchev–Trinajstić information content (AvgIpc) is 3.61. The van der Waals surface area contributed by atoms with Gasteiger partial charge >= 0.3 is 0 Å². The van der Waals surface area contributed by atoms with Gasteiger partial charge in [0.1, 0.15) is 0 Å². The van der Waals surface area contributed by atoms with Crippen LogP contribution in [0.5, 0.6) is 0 Å². The summed E-state index contributed by atoms with van der Waals surface area (Å²) in [6.45, 7) is 0. The number of hydrogen-bond donors (Lipinski definition) is 0. The van der Waals surface area contributed by atoms with Crippen LogP contribution in [0.1, 0.15) is 5.56 Å². The summed E-state index contributed by atoms with van der Waals surface area (Å²) in [4.78, 5) is 14.7. The highest BCUT2D eigenvalue weighted by Gasteiger charge is 2.17. The van der Waals surface area contributed by atoms with Gasteiger partial charge in [-0.25, -0.2) is 15.0 Å². The van der Waals surface area contributed by atoms with Crippen LogP contribution in [0.3, 0.4) is 0 Å². The average molecular weight is 702 g/mol. The molecule has 5 heteroatoms. The summed E-state index contributed by atoms with van der Waals surface area (Å²) in [5, 5.41) is 14.9. The Hall–Kier alpha value is -7.68. The van der Waals surface area contributed by atoms with Gasteiger partial charge in [-0.3, -0.25) is 0 Å². The van der Waals surface area contributed by atoms with Crippen molar-refractivity contribution in [2.45, 2.75) is 0 Å². The van der Waals surface area contributed by atoms with Crippen LogP contribution in [0.25, 0.3) is 94.7 Å². The van der Waals surface area contributed by atoms with Crippen LogP contribution in [0.4, 0.5) is 0 Å². The highest BCUT2D eigenvalue weighted by Crippen LogP contribution is 2.39. The van der Waals surface area contributed by atoms with Crippen LogP contribution >= 0.6 is 0 Å². The molecule has 10 aromatic rings. The monoisotopic (exact) mass is 701 g/mol. The van der Waals surface area contributed by atoms with Crippen molar-refractivity contribution in [1.29, 1.82) is 5.26 Å².